The van der Waals surface area contributed by atoms with Gasteiger partial charge in [-0.25, -0.2) is 4.39 Å². The maximum atomic E-state index is 13.5. The molecule has 2 heterocycles. The summed E-state index contributed by atoms with van der Waals surface area (Å²) in [5.74, 6) is -1.46. The molecule has 2 aromatic heterocycles. The van der Waals surface area contributed by atoms with Crippen LogP contribution in [-0.4, -0.2) is 40.2 Å². The second-order valence-electron chi connectivity index (χ2n) is 8.48. The second kappa shape index (κ2) is 11.7. The first kappa shape index (κ1) is 24.5. The molecule has 1 atom stereocenters. The number of aromatic nitrogens is 1. The lowest BCUT2D eigenvalue weighted by Crippen LogP contribution is -2.48. The van der Waals surface area contributed by atoms with E-state index in [4.69, 9.17) is 0 Å². The predicted molar refractivity (Wildman–Crippen MR) is 131 cm³/mol. The first-order valence-corrected chi connectivity index (χ1v) is 12.4. The number of carbonyl (C=O) groups is 3. The lowest BCUT2D eigenvalue weighted by atomic mass is 10.0. The summed E-state index contributed by atoms with van der Waals surface area (Å²) in [5.41, 5.74) is 1.27. The minimum atomic E-state index is -0.935. The molecule has 1 aliphatic carbocycles. The number of amides is 3. The molecule has 2 N–H and O–H groups in total. The second-order valence-corrected chi connectivity index (χ2v) is 9.43. The van der Waals surface area contributed by atoms with Crippen molar-refractivity contribution in [1.29, 1.82) is 0 Å². The Kier molecular flexibility index (Phi) is 8.20. The summed E-state index contributed by atoms with van der Waals surface area (Å²) in [7, 11) is 0. The summed E-state index contributed by atoms with van der Waals surface area (Å²) in [4.78, 5) is 45.4. The van der Waals surface area contributed by atoms with Gasteiger partial charge in [-0.2, -0.15) is 0 Å². The molecule has 0 aliphatic heterocycles. The van der Waals surface area contributed by atoms with Gasteiger partial charge >= 0.3 is 0 Å². The third-order valence-electron chi connectivity index (χ3n) is 6.02. The maximum absolute atomic E-state index is 13.5. The fraction of sp³-hybridized carbons (Fsp3) is 0.308. The topological polar surface area (TPSA) is 91.4 Å². The van der Waals surface area contributed by atoms with Crippen LogP contribution in [0.25, 0.3) is 0 Å². The minimum Gasteiger partial charge on any atom is -0.351 e. The summed E-state index contributed by atoms with van der Waals surface area (Å²) in [5, 5.41) is 7.53. The average molecular weight is 495 g/mol. The molecular formula is C26H27FN4O3S. The highest BCUT2D eigenvalue weighted by molar-refractivity contribution is 7.12. The molecule has 3 amide bonds. The van der Waals surface area contributed by atoms with E-state index in [0.29, 0.717) is 16.0 Å². The molecule has 0 spiro atoms. The highest BCUT2D eigenvalue weighted by Gasteiger charge is 2.33. The van der Waals surface area contributed by atoms with E-state index in [9.17, 15) is 18.8 Å². The summed E-state index contributed by atoms with van der Waals surface area (Å²) < 4.78 is 13.5. The zero-order valence-electron chi connectivity index (χ0n) is 19.2. The van der Waals surface area contributed by atoms with Crippen molar-refractivity contribution < 1.29 is 18.8 Å². The summed E-state index contributed by atoms with van der Waals surface area (Å²) >= 11 is 1.28. The largest absolute Gasteiger partial charge is 0.351 e. The smallest absolute Gasteiger partial charge is 0.261 e. The Hall–Kier alpha value is -3.59. The predicted octanol–water partition coefficient (Wildman–Crippen LogP) is 3.84. The van der Waals surface area contributed by atoms with Crippen LogP contribution in [0, 0.1) is 5.82 Å². The average Bonchev–Trinajstić information content (AvgIpc) is 3.59. The molecule has 35 heavy (non-hydrogen) atoms. The molecule has 0 radical (unpaired) electrons. The molecule has 1 aliphatic rings. The number of thiophene rings is 1. The Morgan fingerprint density at radius 1 is 1.06 bits per heavy atom. The Bertz CT molecular complexity index is 1130. The van der Waals surface area contributed by atoms with Crippen LogP contribution in [0.2, 0.25) is 0 Å². The monoisotopic (exact) mass is 494 g/mol. The number of carbonyl (C=O) groups excluding carboxylic acids is 3. The minimum absolute atomic E-state index is 0.0631. The van der Waals surface area contributed by atoms with Gasteiger partial charge in [0.15, 0.2) is 0 Å². The summed E-state index contributed by atoms with van der Waals surface area (Å²) in [6, 6.07) is 11.8. The summed E-state index contributed by atoms with van der Waals surface area (Å²) in [6.45, 7) is -0.213. The fourth-order valence-corrected chi connectivity index (χ4v) is 4.87. The van der Waals surface area contributed by atoms with Crippen LogP contribution in [0.15, 0.2) is 66.3 Å². The number of nitrogens with one attached hydrogen (secondary N) is 2. The van der Waals surface area contributed by atoms with Crippen molar-refractivity contribution >= 4 is 29.1 Å². The van der Waals surface area contributed by atoms with Crippen molar-refractivity contribution in [2.45, 2.75) is 44.3 Å². The molecule has 182 valence electrons. The number of rotatable bonds is 9. The Morgan fingerprint density at radius 2 is 1.77 bits per heavy atom. The summed E-state index contributed by atoms with van der Waals surface area (Å²) in [6.07, 6.45) is 7.06. The number of pyridine rings is 1. The van der Waals surface area contributed by atoms with E-state index in [1.54, 1.807) is 54.2 Å². The van der Waals surface area contributed by atoms with Crippen LogP contribution >= 0.6 is 11.3 Å². The number of hydrogen-bond acceptors (Lipinski definition) is 5. The third kappa shape index (κ3) is 6.51. The van der Waals surface area contributed by atoms with Gasteiger partial charge in [-0.3, -0.25) is 19.4 Å². The third-order valence-corrected chi connectivity index (χ3v) is 6.88. The first-order valence-electron chi connectivity index (χ1n) is 11.6. The lowest BCUT2D eigenvalue weighted by molar-refractivity contribution is -0.141. The van der Waals surface area contributed by atoms with Gasteiger partial charge in [0.2, 0.25) is 11.8 Å². The van der Waals surface area contributed by atoms with Crippen LogP contribution < -0.4 is 10.6 Å². The van der Waals surface area contributed by atoms with E-state index in [1.807, 2.05) is 0 Å². The highest BCUT2D eigenvalue weighted by Crippen LogP contribution is 2.26. The van der Waals surface area contributed by atoms with E-state index < -0.39 is 11.9 Å². The SMILES string of the molecule is O=C(NCC(=O)N(Cc1ccc(F)cc1)C(C(=O)NC1CCCC1)c1ccncc1)c1cccs1. The standard InChI is InChI=1S/C26H27FN4O3S/c27-20-9-7-18(8-10-20)17-31(23(32)16-29-25(33)22-6-3-15-35-22)24(19-11-13-28-14-12-19)26(34)30-21-4-1-2-5-21/h3,6-15,21,24H,1-2,4-5,16-17H2,(H,29,33)(H,30,34). The van der Waals surface area contributed by atoms with Gasteiger partial charge in [-0.15, -0.1) is 11.3 Å². The number of benzene rings is 1. The fourth-order valence-electron chi connectivity index (χ4n) is 4.23. The Labute approximate surface area is 207 Å². The number of halogens is 1. The van der Waals surface area contributed by atoms with Crippen LogP contribution in [-0.2, 0) is 16.1 Å². The van der Waals surface area contributed by atoms with Crippen LogP contribution in [0.3, 0.4) is 0 Å². The van der Waals surface area contributed by atoms with E-state index >= 15 is 0 Å². The van der Waals surface area contributed by atoms with Crippen molar-refractivity contribution in [3.05, 3.63) is 88.1 Å². The number of hydrogen-bond donors (Lipinski definition) is 2. The van der Waals surface area contributed by atoms with Crippen molar-refractivity contribution in [3.63, 3.8) is 0 Å². The van der Waals surface area contributed by atoms with E-state index in [0.717, 1.165) is 25.7 Å². The first-order chi connectivity index (χ1) is 17.0. The van der Waals surface area contributed by atoms with Crippen molar-refractivity contribution in [2.24, 2.45) is 0 Å². The van der Waals surface area contributed by atoms with Crippen LogP contribution in [0.5, 0.6) is 0 Å². The molecule has 1 aromatic carbocycles. The van der Waals surface area contributed by atoms with Crippen molar-refractivity contribution in [1.82, 2.24) is 20.5 Å². The lowest BCUT2D eigenvalue weighted by Gasteiger charge is -2.32. The van der Waals surface area contributed by atoms with Gasteiger partial charge in [-0.05, 0) is 59.7 Å². The van der Waals surface area contributed by atoms with E-state index in [2.05, 4.69) is 15.6 Å². The van der Waals surface area contributed by atoms with Crippen molar-refractivity contribution in [2.75, 3.05) is 6.54 Å². The molecule has 4 rings (SSSR count). The molecule has 3 aromatic rings. The van der Waals surface area contributed by atoms with Gasteiger partial charge in [-0.1, -0.05) is 31.0 Å². The van der Waals surface area contributed by atoms with Gasteiger partial charge in [0, 0.05) is 25.0 Å². The van der Waals surface area contributed by atoms with Crippen molar-refractivity contribution in [3.8, 4) is 0 Å². The van der Waals surface area contributed by atoms with Gasteiger partial charge < -0.3 is 15.5 Å². The number of nitrogens with zero attached hydrogens (tertiary/aromatic N) is 2. The molecule has 1 saturated carbocycles. The molecule has 1 fully saturated rings. The highest BCUT2D eigenvalue weighted by atomic mass is 32.1. The zero-order valence-corrected chi connectivity index (χ0v) is 20.0. The van der Waals surface area contributed by atoms with Gasteiger partial charge in [0.1, 0.15) is 11.9 Å². The van der Waals surface area contributed by atoms with Gasteiger partial charge in [0.25, 0.3) is 5.91 Å². The maximum Gasteiger partial charge on any atom is 0.261 e. The van der Waals surface area contributed by atoms with E-state index in [1.165, 1.54) is 28.4 Å². The quantitative estimate of drug-likeness (QED) is 0.473. The Morgan fingerprint density at radius 3 is 2.43 bits per heavy atom. The van der Waals surface area contributed by atoms with E-state index in [-0.39, 0.29) is 36.8 Å². The van der Waals surface area contributed by atoms with Gasteiger partial charge in [0.05, 0.1) is 11.4 Å². The molecular weight excluding hydrogens is 467 g/mol. The van der Waals surface area contributed by atoms with Crippen LogP contribution in [0.1, 0.15) is 52.5 Å². The van der Waals surface area contributed by atoms with Crippen LogP contribution in [0.4, 0.5) is 4.39 Å². The molecule has 0 saturated heterocycles. The molecule has 7 nitrogen and oxygen atoms in total. The zero-order chi connectivity index (χ0) is 24.6. The molecule has 0 bridgehead atoms. The molecule has 1 unspecified atom stereocenters. The normalized spacial score (nSPS) is 14.3. The molecule has 9 heteroatoms. The Balaban J connectivity index is 1.61.